The molecule has 0 radical (unpaired) electrons. The van der Waals surface area contributed by atoms with Gasteiger partial charge in [0.25, 0.3) is 0 Å². The lowest BCUT2D eigenvalue weighted by Gasteiger charge is -2.07. The first-order valence-corrected chi connectivity index (χ1v) is 7.74. The van der Waals surface area contributed by atoms with Crippen molar-refractivity contribution in [3.05, 3.63) is 56.5 Å². The predicted molar refractivity (Wildman–Crippen MR) is 85.4 cm³/mol. The number of hydrogen-bond acceptors (Lipinski definition) is 5. The van der Waals surface area contributed by atoms with Gasteiger partial charge in [-0.1, -0.05) is 24.3 Å². The average Bonchev–Trinajstić information content (AvgIpc) is 3.10. The molecule has 3 rings (SSSR count). The lowest BCUT2D eigenvalue weighted by atomic mass is 9.98. The Hall–Kier alpha value is -2.27. The Morgan fingerprint density at radius 2 is 2.05 bits per heavy atom. The van der Waals surface area contributed by atoms with Crippen LogP contribution in [0.25, 0.3) is 5.57 Å². The molecule has 0 spiro atoms. The summed E-state index contributed by atoms with van der Waals surface area (Å²) in [6.45, 7) is 3.77. The zero-order chi connectivity index (χ0) is 15.9. The average molecular weight is 313 g/mol. The minimum Gasteiger partial charge on any atom is -0.464 e. The molecular weight excluding hydrogens is 298 g/mol. The molecule has 112 valence electrons. The summed E-state index contributed by atoms with van der Waals surface area (Å²) in [7, 11) is 1.31. The quantitative estimate of drug-likeness (QED) is 0.644. The number of fused-ring (bicyclic) bond motifs is 1. The summed E-state index contributed by atoms with van der Waals surface area (Å²) in [5.74, 6) is -0.638. The molecule has 5 heteroatoms. The minimum absolute atomic E-state index is 0.128. The van der Waals surface area contributed by atoms with Gasteiger partial charge in [0.15, 0.2) is 10.7 Å². The summed E-state index contributed by atoms with van der Waals surface area (Å²) in [5, 5.41) is 0.334. The molecule has 0 N–H and O–H groups in total. The molecule has 0 bridgehead atoms. The summed E-state index contributed by atoms with van der Waals surface area (Å²) in [5.41, 5.74) is 4.14. The largest absolute Gasteiger partial charge is 0.464 e. The second-order valence-corrected chi connectivity index (χ2v) is 6.38. The van der Waals surface area contributed by atoms with Crippen LogP contribution in [-0.4, -0.2) is 23.8 Å². The van der Waals surface area contributed by atoms with E-state index in [2.05, 4.69) is 4.98 Å². The van der Waals surface area contributed by atoms with E-state index in [9.17, 15) is 9.59 Å². The van der Waals surface area contributed by atoms with Gasteiger partial charge in [-0.15, -0.1) is 11.3 Å². The van der Waals surface area contributed by atoms with Crippen LogP contribution in [0.3, 0.4) is 0 Å². The van der Waals surface area contributed by atoms with Gasteiger partial charge in [-0.2, -0.15) is 0 Å². The molecule has 1 aromatic heterocycles. The van der Waals surface area contributed by atoms with Crippen molar-refractivity contribution >= 4 is 28.7 Å². The summed E-state index contributed by atoms with van der Waals surface area (Å²) in [6.07, 6.45) is 2.70. The second kappa shape index (κ2) is 5.50. The fourth-order valence-electron chi connectivity index (χ4n) is 2.70. The van der Waals surface area contributed by atoms with Gasteiger partial charge in [0, 0.05) is 10.5 Å². The lowest BCUT2D eigenvalue weighted by molar-refractivity contribution is 0.0594. The highest BCUT2D eigenvalue weighted by atomic mass is 32.1. The van der Waals surface area contributed by atoms with E-state index in [1.165, 1.54) is 18.4 Å². The molecule has 1 aromatic carbocycles. The van der Waals surface area contributed by atoms with E-state index in [0.29, 0.717) is 15.5 Å². The Labute approximate surface area is 132 Å². The van der Waals surface area contributed by atoms with Gasteiger partial charge >= 0.3 is 5.97 Å². The second-order valence-electron chi connectivity index (χ2n) is 5.18. The third-order valence-electron chi connectivity index (χ3n) is 3.77. The third-order valence-corrected chi connectivity index (χ3v) is 4.74. The molecular formula is C17H15NO3S. The van der Waals surface area contributed by atoms with Crippen LogP contribution in [0.15, 0.2) is 24.3 Å². The number of methoxy groups -OCH3 is 1. The fraction of sp³-hybridized carbons (Fsp3) is 0.235. The molecule has 0 aliphatic heterocycles. The minimum atomic E-state index is -0.509. The highest BCUT2D eigenvalue weighted by Gasteiger charge is 2.27. The third kappa shape index (κ3) is 2.27. The van der Waals surface area contributed by atoms with E-state index in [0.717, 1.165) is 23.1 Å². The van der Waals surface area contributed by atoms with Gasteiger partial charge in [0.1, 0.15) is 0 Å². The van der Waals surface area contributed by atoms with Gasteiger partial charge in [0.2, 0.25) is 5.78 Å². The van der Waals surface area contributed by atoms with Crippen LogP contribution < -0.4 is 0 Å². The summed E-state index contributed by atoms with van der Waals surface area (Å²) in [4.78, 5) is 29.3. The topological polar surface area (TPSA) is 56.3 Å². The number of ether oxygens (including phenoxy) is 1. The predicted octanol–water partition coefficient (Wildman–Crippen LogP) is 3.37. The number of carbonyl (C=O) groups is 2. The van der Waals surface area contributed by atoms with Crippen LogP contribution in [0.1, 0.15) is 41.9 Å². The van der Waals surface area contributed by atoms with Crippen molar-refractivity contribution in [2.75, 3.05) is 7.11 Å². The number of benzene rings is 1. The van der Waals surface area contributed by atoms with Crippen LogP contribution >= 0.6 is 11.3 Å². The Bertz CT molecular complexity index is 817. The summed E-state index contributed by atoms with van der Waals surface area (Å²) < 4.78 is 4.69. The van der Waals surface area contributed by atoms with Crippen LogP contribution in [0.2, 0.25) is 0 Å². The fourth-order valence-corrected chi connectivity index (χ4v) is 3.55. The van der Waals surface area contributed by atoms with Crippen LogP contribution in [0.5, 0.6) is 0 Å². The Balaban J connectivity index is 2.00. The van der Waals surface area contributed by atoms with Gasteiger partial charge in [0.05, 0.1) is 7.11 Å². The number of aromatic nitrogens is 1. The Morgan fingerprint density at radius 3 is 2.77 bits per heavy atom. The van der Waals surface area contributed by atoms with E-state index in [-0.39, 0.29) is 11.5 Å². The molecule has 0 saturated carbocycles. The number of nitrogens with zero attached hydrogens (tertiary/aromatic N) is 1. The highest BCUT2D eigenvalue weighted by Crippen LogP contribution is 2.33. The zero-order valence-corrected chi connectivity index (χ0v) is 13.4. The van der Waals surface area contributed by atoms with E-state index in [1.807, 2.05) is 31.2 Å². The Morgan fingerprint density at radius 1 is 1.27 bits per heavy atom. The van der Waals surface area contributed by atoms with Crippen LogP contribution in [0, 0.1) is 13.8 Å². The molecule has 1 heterocycles. The molecule has 0 atom stereocenters. The number of aryl methyl sites for hydroxylation is 2. The van der Waals surface area contributed by atoms with Gasteiger partial charge in [-0.25, -0.2) is 9.78 Å². The van der Waals surface area contributed by atoms with Crippen LogP contribution in [0.4, 0.5) is 0 Å². The normalized spacial score (nSPS) is 12.8. The Kier molecular flexibility index (Phi) is 3.66. The van der Waals surface area contributed by atoms with Crippen molar-refractivity contribution in [3.63, 3.8) is 0 Å². The summed E-state index contributed by atoms with van der Waals surface area (Å²) >= 11 is 1.23. The molecule has 1 aliphatic carbocycles. The number of carbonyl (C=O) groups excluding carboxylic acids is 2. The molecule has 4 nitrogen and oxygen atoms in total. The highest BCUT2D eigenvalue weighted by molar-refractivity contribution is 7.14. The number of Topliss-reactive ketones (excluding diaryl/α,β-unsaturated/α-hetero) is 1. The van der Waals surface area contributed by atoms with Gasteiger partial charge in [-0.05, 0) is 37.0 Å². The summed E-state index contributed by atoms with van der Waals surface area (Å²) in [6, 6.07) is 6.03. The van der Waals surface area contributed by atoms with Gasteiger partial charge < -0.3 is 4.74 Å². The molecule has 1 aliphatic rings. The number of rotatable bonds is 3. The van der Waals surface area contributed by atoms with Crippen molar-refractivity contribution in [3.8, 4) is 0 Å². The van der Waals surface area contributed by atoms with E-state index < -0.39 is 5.97 Å². The number of allylic oxidation sites excluding steroid dienone is 2. The first kappa shape index (κ1) is 14.7. The first-order chi connectivity index (χ1) is 10.5. The molecule has 0 fully saturated rings. The number of thiazole rings is 1. The lowest BCUT2D eigenvalue weighted by Crippen LogP contribution is -2.06. The molecule has 2 aromatic rings. The van der Waals surface area contributed by atoms with E-state index in [4.69, 9.17) is 4.74 Å². The number of ketones is 1. The molecule has 0 unspecified atom stereocenters. The smallest absolute Gasteiger partial charge is 0.357 e. The standard InChI is InChI=1S/C17H15NO3S/c1-9-5-4-6-11-7-8-12(13(9)11)15(19)16-18-14(10(2)22-16)17(20)21-3/h4-6,8H,7H2,1-3H3. The zero-order valence-electron chi connectivity index (χ0n) is 12.6. The molecule has 0 amide bonds. The van der Waals surface area contributed by atoms with E-state index in [1.54, 1.807) is 6.92 Å². The number of hydrogen-bond donors (Lipinski definition) is 0. The van der Waals surface area contributed by atoms with Crippen molar-refractivity contribution in [2.24, 2.45) is 0 Å². The maximum atomic E-state index is 12.8. The van der Waals surface area contributed by atoms with Gasteiger partial charge in [-0.3, -0.25) is 4.79 Å². The van der Waals surface area contributed by atoms with Crippen molar-refractivity contribution in [1.29, 1.82) is 0 Å². The molecule has 22 heavy (non-hydrogen) atoms. The monoisotopic (exact) mass is 313 g/mol. The number of esters is 1. The maximum absolute atomic E-state index is 12.8. The first-order valence-electron chi connectivity index (χ1n) is 6.92. The van der Waals surface area contributed by atoms with Crippen LogP contribution in [-0.2, 0) is 11.2 Å². The van der Waals surface area contributed by atoms with Crippen molar-refractivity contribution in [1.82, 2.24) is 4.98 Å². The van der Waals surface area contributed by atoms with E-state index >= 15 is 0 Å². The SMILES string of the molecule is COC(=O)c1nc(C(=O)C2=CCc3cccc(C)c32)sc1C. The van der Waals surface area contributed by atoms with Crippen molar-refractivity contribution in [2.45, 2.75) is 20.3 Å². The van der Waals surface area contributed by atoms with Crippen molar-refractivity contribution < 1.29 is 14.3 Å². The molecule has 0 saturated heterocycles. The maximum Gasteiger partial charge on any atom is 0.357 e.